The van der Waals surface area contributed by atoms with Crippen LogP contribution in [0.4, 0.5) is 5.69 Å². The lowest BCUT2D eigenvalue weighted by molar-refractivity contribution is -0.129. The van der Waals surface area contributed by atoms with Crippen molar-refractivity contribution in [2.45, 2.75) is 27.3 Å². The maximum absolute atomic E-state index is 12.1. The lowest BCUT2D eigenvalue weighted by atomic mass is 10.2. The summed E-state index contributed by atoms with van der Waals surface area (Å²) >= 11 is 0. The molecule has 2 N–H and O–H groups in total. The molecule has 7 nitrogen and oxygen atoms in total. The molecule has 2 aromatic rings. The zero-order valence-electron chi connectivity index (χ0n) is 15.2. The monoisotopic (exact) mass is 357 g/mol. The van der Waals surface area contributed by atoms with Gasteiger partial charge in [-0.05, 0) is 37.6 Å². The number of nitrogens with one attached hydrogen (secondary N) is 2. The Kier molecular flexibility index (Phi) is 6.54. The first-order chi connectivity index (χ1) is 12.4. The molecule has 0 fully saturated rings. The molecular formula is C19H23N3O4. The third-order valence-electron chi connectivity index (χ3n) is 3.92. The van der Waals surface area contributed by atoms with Gasteiger partial charge in [0.1, 0.15) is 5.76 Å². The molecule has 7 heteroatoms. The first-order valence-electron chi connectivity index (χ1n) is 8.37. The van der Waals surface area contributed by atoms with E-state index in [1.54, 1.807) is 24.0 Å². The van der Waals surface area contributed by atoms with Gasteiger partial charge >= 0.3 is 0 Å². The molecule has 0 spiro atoms. The molecule has 0 aliphatic rings. The highest BCUT2D eigenvalue weighted by atomic mass is 16.3. The average Bonchev–Trinajstić information content (AvgIpc) is 3.03. The minimum Gasteiger partial charge on any atom is -0.469 e. The highest BCUT2D eigenvalue weighted by Crippen LogP contribution is 2.13. The lowest BCUT2D eigenvalue weighted by Crippen LogP contribution is -2.33. The number of furan rings is 1. The van der Waals surface area contributed by atoms with Gasteiger partial charge in [0, 0.05) is 25.7 Å². The minimum absolute atomic E-state index is 0.000749. The van der Waals surface area contributed by atoms with Crippen LogP contribution >= 0.6 is 0 Å². The van der Waals surface area contributed by atoms with Crippen LogP contribution in [-0.2, 0) is 16.1 Å². The van der Waals surface area contributed by atoms with Gasteiger partial charge in [0.25, 0.3) is 5.91 Å². The van der Waals surface area contributed by atoms with Gasteiger partial charge in [0.05, 0.1) is 18.4 Å². The maximum atomic E-state index is 12.1. The van der Waals surface area contributed by atoms with E-state index < -0.39 is 0 Å². The smallest absolute Gasteiger partial charge is 0.255 e. The predicted molar refractivity (Wildman–Crippen MR) is 97.6 cm³/mol. The summed E-state index contributed by atoms with van der Waals surface area (Å²) < 4.78 is 5.07. The number of anilines is 1. The number of aryl methyl sites for hydroxylation is 1. The second kappa shape index (κ2) is 8.84. The van der Waals surface area contributed by atoms with Crippen molar-refractivity contribution in [3.05, 3.63) is 53.5 Å². The Morgan fingerprint density at radius 1 is 1.19 bits per heavy atom. The van der Waals surface area contributed by atoms with Gasteiger partial charge in [-0.2, -0.15) is 0 Å². The summed E-state index contributed by atoms with van der Waals surface area (Å²) in [6.07, 6.45) is 1.43. The van der Waals surface area contributed by atoms with Crippen molar-refractivity contribution in [2.75, 3.05) is 18.4 Å². The van der Waals surface area contributed by atoms with Crippen molar-refractivity contribution in [1.29, 1.82) is 0 Å². The molecular weight excluding hydrogens is 334 g/mol. The van der Waals surface area contributed by atoms with Gasteiger partial charge in [0.2, 0.25) is 11.8 Å². The zero-order chi connectivity index (χ0) is 19.1. The molecule has 0 radical (unpaired) electrons. The summed E-state index contributed by atoms with van der Waals surface area (Å²) in [4.78, 5) is 37.2. The van der Waals surface area contributed by atoms with E-state index in [2.05, 4.69) is 10.6 Å². The fourth-order valence-electron chi connectivity index (χ4n) is 2.50. The Balaban J connectivity index is 1.90. The van der Waals surface area contributed by atoms with Gasteiger partial charge in [-0.3, -0.25) is 14.4 Å². The van der Waals surface area contributed by atoms with Crippen LogP contribution in [0.3, 0.4) is 0 Å². The van der Waals surface area contributed by atoms with Gasteiger partial charge in [0.15, 0.2) is 0 Å². The molecule has 138 valence electrons. The first kappa shape index (κ1) is 19.2. The van der Waals surface area contributed by atoms with E-state index in [-0.39, 0.29) is 24.3 Å². The van der Waals surface area contributed by atoms with E-state index in [0.717, 1.165) is 5.56 Å². The number of carbonyl (C=O) groups excluding carboxylic acids is 3. The van der Waals surface area contributed by atoms with Crippen molar-refractivity contribution in [3.63, 3.8) is 0 Å². The molecule has 0 aliphatic heterocycles. The third-order valence-corrected chi connectivity index (χ3v) is 3.92. The fraction of sp³-hybridized carbons (Fsp3) is 0.316. The first-order valence-corrected chi connectivity index (χ1v) is 8.37. The summed E-state index contributed by atoms with van der Waals surface area (Å²) in [5.41, 5.74) is 1.93. The molecule has 0 aliphatic carbocycles. The third kappa shape index (κ3) is 5.20. The Bertz CT molecular complexity index is 798. The Hall–Kier alpha value is -3.09. The summed E-state index contributed by atoms with van der Waals surface area (Å²) in [6.45, 7) is 6.07. The SMILES string of the molecule is CCN(Cc1cccc(NC(=O)CNC(=O)c2ccoc2C)c1)C(C)=O. The van der Waals surface area contributed by atoms with Crippen molar-refractivity contribution < 1.29 is 18.8 Å². The molecule has 2 rings (SSSR count). The number of amides is 3. The van der Waals surface area contributed by atoms with Crippen molar-refractivity contribution in [2.24, 2.45) is 0 Å². The molecule has 0 bridgehead atoms. The number of benzene rings is 1. The van der Waals surface area contributed by atoms with Crippen LogP contribution in [0.1, 0.15) is 35.5 Å². The quantitative estimate of drug-likeness (QED) is 0.795. The topological polar surface area (TPSA) is 91.7 Å². The van der Waals surface area contributed by atoms with Crippen LogP contribution < -0.4 is 10.6 Å². The summed E-state index contributed by atoms with van der Waals surface area (Å²) in [5, 5.41) is 5.29. The minimum atomic E-state index is -0.361. The lowest BCUT2D eigenvalue weighted by Gasteiger charge is -2.19. The van der Waals surface area contributed by atoms with Gasteiger partial charge in [-0.15, -0.1) is 0 Å². The predicted octanol–water partition coefficient (Wildman–Crippen LogP) is 2.32. The van der Waals surface area contributed by atoms with Crippen LogP contribution in [0.15, 0.2) is 41.0 Å². The van der Waals surface area contributed by atoms with Crippen molar-refractivity contribution in [3.8, 4) is 0 Å². The second-order valence-electron chi connectivity index (χ2n) is 5.85. The molecule has 26 heavy (non-hydrogen) atoms. The average molecular weight is 357 g/mol. The van der Waals surface area contributed by atoms with E-state index in [1.165, 1.54) is 13.2 Å². The summed E-state index contributed by atoms with van der Waals surface area (Å²) in [6, 6.07) is 8.83. The van der Waals surface area contributed by atoms with E-state index in [9.17, 15) is 14.4 Å². The number of hydrogen-bond acceptors (Lipinski definition) is 4. The van der Waals surface area contributed by atoms with Crippen LogP contribution in [0.5, 0.6) is 0 Å². The number of nitrogens with zero attached hydrogens (tertiary/aromatic N) is 1. The molecule has 3 amide bonds. The number of rotatable bonds is 7. The molecule has 0 atom stereocenters. The van der Waals surface area contributed by atoms with Gasteiger partial charge < -0.3 is 20.0 Å². The zero-order valence-corrected chi connectivity index (χ0v) is 15.2. The number of carbonyl (C=O) groups is 3. The number of hydrogen-bond donors (Lipinski definition) is 2. The molecule has 1 heterocycles. The maximum Gasteiger partial charge on any atom is 0.255 e. The van der Waals surface area contributed by atoms with Crippen molar-refractivity contribution in [1.82, 2.24) is 10.2 Å². The highest BCUT2D eigenvalue weighted by Gasteiger charge is 2.13. The standard InChI is InChI=1S/C19H23N3O4/c1-4-22(14(3)23)12-15-6-5-7-16(10-15)21-18(24)11-20-19(25)17-8-9-26-13(17)2/h5-10H,4,11-12H2,1-3H3,(H,20,25)(H,21,24). The summed E-state index contributed by atoms with van der Waals surface area (Å²) in [7, 11) is 0. The van der Waals surface area contributed by atoms with Crippen molar-refractivity contribution >= 4 is 23.4 Å². The van der Waals surface area contributed by atoms with Crippen LogP contribution in [-0.4, -0.2) is 35.7 Å². The normalized spacial score (nSPS) is 10.3. The largest absolute Gasteiger partial charge is 0.469 e. The molecule has 1 aromatic carbocycles. The Morgan fingerprint density at radius 2 is 1.96 bits per heavy atom. The van der Waals surface area contributed by atoms with Crippen LogP contribution in [0.2, 0.25) is 0 Å². The molecule has 0 unspecified atom stereocenters. The summed E-state index contributed by atoms with van der Waals surface area (Å²) in [5.74, 6) is -0.198. The Labute approximate surface area is 152 Å². The van der Waals surface area contributed by atoms with E-state index in [1.807, 2.05) is 25.1 Å². The Morgan fingerprint density at radius 3 is 2.58 bits per heavy atom. The van der Waals surface area contributed by atoms with Crippen LogP contribution in [0, 0.1) is 6.92 Å². The van der Waals surface area contributed by atoms with Gasteiger partial charge in [-0.1, -0.05) is 12.1 Å². The second-order valence-corrected chi connectivity index (χ2v) is 5.85. The fourth-order valence-corrected chi connectivity index (χ4v) is 2.50. The van der Waals surface area contributed by atoms with Gasteiger partial charge in [-0.25, -0.2) is 0 Å². The molecule has 0 saturated carbocycles. The molecule has 0 saturated heterocycles. The van der Waals surface area contributed by atoms with Crippen LogP contribution in [0.25, 0.3) is 0 Å². The molecule has 1 aromatic heterocycles. The van der Waals surface area contributed by atoms with E-state index >= 15 is 0 Å². The van der Waals surface area contributed by atoms with E-state index in [0.29, 0.717) is 30.1 Å². The highest BCUT2D eigenvalue weighted by molar-refractivity contribution is 5.99. The van der Waals surface area contributed by atoms with E-state index in [4.69, 9.17) is 4.42 Å².